The van der Waals surface area contributed by atoms with Crippen LogP contribution in [0.15, 0.2) is 102 Å². The van der Waals surface area contributed by atoms with Crippen molar-refractivity contribution < 1.29 is 18.9 Å². The van der Waals surface area contributed by atoms with Gasteiger partial charge in [-0.3, -0.25) is 0 Å². The third kappa shape index (κ3) is 16.1. The molecule has 0 aliphatic carbocycles. The molecular formula is C52H82BBrO4Si2. The minimum absolute atomic E-state index is 0.00411. The molecule has 8 heteroatoms. The van der Waals surface area contributed by atoms with Crippen molar-refractivity contribution in [3.8, 4) is 11.1 Å². The standard InChI is InChI=1S/C26H40OSi.C16H27BrOSi.C10H15BO2/c1-24(2,3)22-15-11-20(12-16-22)21-13-17-23(18-14-21)26(7,8)19-27-28(9,10)25(4,5)6;1-15(2,3)19(6,7)18-12-16(4,5)13-8-10-14(17)11-9-13;1-10(2,3)8-4-6-9(7-5-8)11(12)13/h11-18H,19H2,1-10H3;8-11H,12H2,1-7H3;4-7,12-13H,1-3H3. The van der Waals surface area contributed by atoms with Crippen molar-refractivity contribution in [2.24, 2.45) is 0 Å². The van der Waals surface area contributed by atoms with Crippen LogP contribution in [0, 0.1) is 0 Å². The van der Waals surface area contributed by atoms with Gasteiger partial charge in [0.2, 0.25) is 0 Å². The fraction of sp³-hybridized carbons (Fsp3) is 0.538. The maximum Gasteiger partial charge on any atom is 0.488 e. The summed E-state index contributed by atoms with van der Waals surface area (Å²) in [6.07, 6.45) is 0. The molecule has 0 bridgehead atoms. The van der Waals surface area contributed by atoms with E-state index < -0.39 is 23.8 Å². The van der Waals surface area contributed by atoms with E-state index in [0.29, 0.717) is 5.46 Å². The van der Waals surface area contributed by atoms with Crippen LogP contribution < -0.4 is 5.46 Å². The molecule has 0 aliphatic rings. The second kappa shape index (κ2) is 20.5. The zero-order chi connectivity index (χ0) is 46.3. The van der Waals surface area contributed by atoms with Gasteiger partial charge in [0.1, 0.15) is 0 Å². The molecule has 4 aromatic carbocycles. The first kappa shape index (κ1) is 53.8. The second-order valence-corrected chi connectivity index (χ2v) is 33.6. The normalized spacial score (nSPS) is 13.2. The van der Waals surface area contributed by atoms with Crippen molar-refractivity contribution in [2.75, 3.05) is 13.2 Å². The van der Waals surface area contributed by atoms with Gasteiger partial charge in [-0.2, -0.15) is 0 Å². The minimum atomic E-state index is -1.73. The van der Waals surface area contributed by atoms with Crippen LogP contribution in [0.5, 0.6) is 0 Å². The van der Waals surface area contributed by atoms with Crippen molar-refractivity contribution in [1.29, 1.82) is 0 Å². The van der Waals surface area contributed by atoms with Crippen molar-refractivity contribution in [3.05, 3.63) is 124 Å². The van der Waals surface area contributed by atoms with Gasteiger partial charge in [0.25, 0.3) is 0 Å². The van der Waals surface area contributed by atoms with Crippen LogP contribution >= 0.6 is 15.9 Å². The molecule has 4 aromatic rings. The molecule has 4 rings (SSSR count). The number of halogens is 1. The molecule has 0 saturated carbocycles. The number of benzene rings is 4. The predicted octanol–water partition coefficient (Wildman–Crippen LogP) is 14.4. The lowest BCUT2D eigenvalue weighted by molar-refractivity contribution is 0.220. The molecule has 0 amide bonds. The minimum Gasteiger partial charge on any atom is -0.423 e. The zero-order valence-electron chi connectivity index (χ0n) is 41.3. The molecule has 332 valence electrons. The molecule has 4 nitrogen and oxygen atoms in total. The Labute approximate surface area is 378 Å². The summed E-state index contributed by atoms with van der Waals surface area (Å²) >= 11 is 3.48. The lowest BCUT2D eigenvalue weighted by atomic mass is 9.78. The molecule has 0 saturated heterocycles. The van der Waals surface area contributed by atoms with E-state index in [1.165, 1.54) is 33.4 Å². The van der Waals surface area contributed by atoms with Crippen LogP contribution in [-0.2, 0) is 30.5 Å². The largest absolute Gasteiger partial charge is 0.488 e. The summed E-state index contributed by atoms with van der Waals surface area (Å²) in [6, 6.07) is 33.9. The highest BCUT2D eigenvalue weighted by molar-refractivity contribution is 9.10. The van der Waals surface area contributed by atoms with E-state index in [9.17, 15) is 0 Å². The first-order valence-corrected chi connectivity index (χ1v) is 28.3. The number of rotatable bonds is 10. The van der Waals surface area contributed by atoms with Gasteiger partial charge >= 0.3 is 7.12 Å². The van der Waals surface area contributed by atoms with Crippen LogP contribution in [0.3, 0.4) is 0 Å². The Balaban J connectivity index is 0.000000335. The Bertz CT molecular complexity index is 1890. The zero-order valence-corrected chi connectivity index (χ0v) is 44.9. The van der Waals surface area contributed by atoms with E-state index in [1.54, 1.807) is 12.1 Å². The molecule has 2 N–H and O–H groups in total. The Morgan fingerprint density at radius 2 is 0.700 bits per heavy atom. The van der Waals surface area contributed by atoms with Gasteiger partial charge in [-0.25, -0.2) is 0 Å². The lowest BCUT2D eigenvalue weighted by Crippen LogP contribution is -2.43. The first-order chi connectivity index (χ1) is 27.0. The molecule has 0 fully saturated rings. The summed E-state index contributed by atoms with van der Waals surface area (Å²) in [4.78, 5) is 0. The Morgan fingerprint density at radius 3 is 0.967 bits per heavy atom. The molecule has 0 heterocycles. The summed E-state index contributed by atoms with van der Waals surface area (Å²) in [6.45, 7) is 46.8. The number of hydrogen-bond donors (Lipinski definition) is 2. The summed E-state index contributed by atoms with van der Waals surface area (Å²) in [5, 5.41) is 18.3. The highest BCUT2D eigenvalue weighted by atomic mass is 79.9. The van der Waals surface area contributed by atoms with E-state index in [4.69, 9.17) is 18.9 Å². The quantitative estimate of drug-likeness (QED) is 0.156. The van der Waals surface area contributed by atoms with Gasteiger partial charge in [-0.15, -0.1) is 0 Å². The number of hydrogen-bond acceptors (Lipinski definition) is 4. The van der Waals surface area contributed by atoms with Gasteiger partial charge in [0, 0.05) is 28.5 Å². The summed E-state index contributed by atoms with van der Waals surface area (Å²) < 4.78 is 14.0. The van der Waals surface area contributed by atoms with Crippen LogP contribution in [0.2, 0.25) is 36.3 Å². The molecule has 0 radical (unpaired) electrons. The van der Waals surface area contributed by atoms with Crippen molar-refractivity contribution in [1.82, 2.24) is 0 Å². The van der Waals surface area contributed by atoms with Gasteiger partial charge in [-0.05, 0) is 98.1 Å². The summed E-state index contributed by atoms with van der Waals surface area (Å²) in [5.74, 6) is 0. The Hall–Kier alpha value is -2.30. The third-order valence-corrected chi connectivity index (χ3v) is 22.1. The van der Waals surface area contributed by atoms with E-state index in [-0.39, 0.29) is 31.7 Å². The van der Waals surface area contributed by atoms with Crippen molar-refractivity contribution in [3.63, 3.8) is 0 Å². The van der Waals surface area contributed by atoms with E-state index in [1.807, 2.05) is 12.1 Å². The summed E-state index contributed by atoms with van der Waals surface area (Å²) in [5.41, 5.74) is 8.66. The average Bonchev–Trinajstić information content (AvgIpc) is 3.13. The molecule has 60 heavy (non-hydrogen) atoms. The maximum atomic E-state index is 8.87. The molecule has 0 aliphatic heterocycles. The molecule has 0 atom stereocenters. The average molecular weight is 918 g/mol. The van der Waals surface area contributed by atoms with Crippen molar-refractivity contribution in [2.45, 2.75) is 169 Å². The van der Waals surface area contributed by atoms with Crippen LogP contribution in [0.1, 0.15) is 133 Å². The van der Waals surface area contributed by atoms with Crippen LogP contribution in [0.25, 0.3) is 11.1 Å². The first-order valence-electron chi connectivity index (χ1n) is 21.7. The highest BCUT2D eigenvalue weighted by Gasteiger charge is 2.40. The Kier molecular flexibility index (Phi) is 18.4. The fourth-order valence-electron chi connectivity index (χ4n) is 5.65. The molecule has 0 unspecified atom stereocenters. The van der Waals surface area contributed by atoms with Crippen molar-refractivity contribution >= 4 is 45.1 Å². The van der Waals surface area contributed by atoms with Crippen LogP contribution in [-0.4, -0.2) is 47.0 Å². The summed E-state index contributed by atoms with van der Waals surface area (Å²) in [7, 11) is -4.77. The van der Waals surface area contributed by atoms with E-state index in [0.717, 1.165) is 17.7 Å². The lowest BCUT2D eigenvalue weighted by Gasteiger charge is -2.39. The van der Waals surface area contributed by atoms with Gasteiger partial charge in [0.15, 0.2) is 16.6 Å². The van der Waals surface area contributed by atoms with E-state index >= 15 is 0 Å². The SMILES string of the molecule is CC(C)(C)c1ccc(-c2ccc(C(C)(C)CO[Si](C)(C)C(C)(C)C)cc2)cc1.CC(C)(C)c1ccc(B(O)O)cc1.CC(C)(CO[Si](C)(C)C(C)(C)C)c1ccc(Br)cc1. The molecule has 0 spiro atoms. The van der Waals surface area contributed by atoms with Gasteiger partial charge in [-0.1, -0.05) is 212 Å². The Morgan fingerprint density at radius 1 is 0.433 bits per heavy atom. The van der Waals surface area contributed by atoms with Gasteiger partial charge in [0.05, 0.1) is 0 Å². The highest BCUT2D eigenvalue weighted by Crippen LogP contribution is 2.40. The molecular weight excluding hydrogens is 835 g/mol. The van der Waals surface area contributed by atoms with E-state index in [2.05, 4.69) is 226 Å². The molecule has 0 aromatic heterocycles. The third-order valence-electron chi connectivity index (χ3n) is 12.7. The van der Waals surface area contributed by atoms with Crippen LogP contribution in [0.4, 0.5) is 0 Å². The van der Waals surface area contributed by atoms with Gasteiger partial charge < -0.3 is 18.9 Å². The second-order valence-electron chi connectivity index (χ2n) is 23.0. The topological polar surface area (TPSA) is 58.9 Å². The maximum absolute atomic E-state index is 8.87. The predicted molar refractivity (Wildman–Crippen MR) is 272 cm³/mol. The monoisotopic (exact) mass is 917 g/mol. The smallest absolute Gasteiger partial charge is 0.423 e. The fourth-order valence-corrected chi connectivity index (χ4v) is 8.23.